The van der Waals surface area contributed by atoms with Crippen molar-refractivity contribution in [2.75, 3.05) is 5.32 Å². The van der Waals surface area contributed by atoms with E-state index >= 15 is 0 Å². The molecule has 88 valence electrons. The van der Waals surface area contributed by atoms with Crippen LogP contribution >= 0.6 is 43.2 Å². The number of benzene rings is 1. The molecule has 2 aromatic rings. The van der Waals surface area contributed by atoms with Crippen molar-refractivity contribution in [1.82, 2.24) is 4.98 Å². The van der Waals surface area contributed by atoms with Crippen LogP contribution in [-0.2, 0) is 0 Å². The number of nitrogens with zero attached hydrogens (tertiary/aromatic N) is 1. The number of nitrogens with one attached hydrogen (secondary N) is 1. The summed E-state index contributed by atoms with van der Waals surface area (Å²) in [6.07, 6.45) is 1.60. The van der Waals surface area contributed by atoms with Crippen molar-refractivity contribution in [3.8, 4) is 0 Å². The van der Waals surface area contributed by atoms with Crippen molar-refractivity contribution in [3.63, 3.8) is 0 Å². The van der Waals surface area contributed by atoms with Crippen molar-refractivity contribution in [1.29, 1.82) is 0 Å². The molecule has 0 aliphatic heterocycles. The fraction of sp³-hybridized carbons (Fsp3) is 0. The summed E-state index contributed by atoms with van der Waals surface area (Å²) in [4.78, 5) is 15.8. The Bertz CT molecular complexity index is 573. The van der Waals surface area contributed by atoms with Crippen LogP contribution in [0.3, 0.4) is 0 Å². The van der Waals surface area contributed by atoms with Gasteiger partial charge in [0.25, 0.3) is 5.91 Å². The standard InChI is InChI=1S/C10H5Br2FN2OS/c11-6-3-5(1-2-7(6)13)9(16)15-10-14-4-8(12)17-10/h1-4H,(H,14,15,16). The van der Waals surface area contributed by atoms with Crippen molar-refractivity contribution in [2.24, 2.45) is 0 Å². The predicted octanol–water partition coefficient (Wildman–Crippen LogP) is 4.06. The number of rotatable bonds is 2. The second-order valence-electron chi connectivity index (χ2n) is 3.05. The highest BCUT2D eigenvalue weighted by Crippen LogP contribution is 2.24. The lowest BCUT2D eigenvalue weighted by Gasteiger charge is -2.02. The zero-order valence-electron chi connectivity index (χ0n) is 8.21. The fourth-order valence-corrected chi connectivity index (χ4v) is 2.60. The van der Waals surface area contributed by atoms with Gasteiger partial charge in [0.1, 0.15) is 5.82 Å². The number of halogens is 3. The Labute approximate surface area is 117 Å². The summed E-state index contributed by atoms with van der Waals surface area (Å²) in [6, 6.07) is 4.07. The molecular formula is C10H5Br2FN2OS. The molecule has 0 fully saturated rings. The molecule has 7 heteroatoms. The van der Waals surface area contributed by atoms with Gasteiger partial charge in [-0.1, -0.05) is 11.3 Å². The minimum absolute atomic E-state index is 0.255. The molecule has 1 aromatic heterocycles. The molecule has 0 radical (unpaired) electrons. The smallest absolute Gasteiger partial charge is 0.257 e. The van der Waals surface area contributed by atoms with Gasteiger partial charge in [-0.25, -0.2) is 9.37 Å². The molecule has 2 rings (SSSR count). The zero-order valence-corrected chi connectivity index (χ0v) is 12.2. The molecule has 0 bridgehead atoms. The van der Waals surface area contributed by atoms with E-state index in [1.54, 1.807) is 6.20 Å². The van der Waals surface area contributed by atoms with Gasteiger partial charge in [0.15, 0.2) is 5.13 Å². The number of carbonyl (C=O) groups excluding carboxylic acids is 1. The van der Waals surface area contributed by atoms with Crippen LogP contribution in [0.25, 0.3) is 0 Å². The molecule has 0 saturated carbocycles. The number of aromatic nitrogens is 1. The Balaban J connectivity index is 2.17. The van der Waals surface area contributed by atoms with Gasteiger partial charge in [-0.15, -0.1) is 0 Å². The highest BCUT2D eigenvalue weighted by molar-refractivity contribution is 9.11. The molecule has 1 heterocycles. The molecule has 1 N–H and O–H groups in total. The third kappa shape index (κ3) is 3.11. The van der Waals surface area contributed by atoms with E-state index in [4.69, 9.17) is 0 Å². The van der Waals surface area contributed by atoms with Gasteiger partial charge in [0, 0.05) is 5.56 Å². The van der Waals surface area contributed by atoms with Gasteiger partial charge in [-0.05, 0) is 50.1 Å². The Morgan fingerprint density at radius 2 is 2.18 bits per heavy atom. The quantitative estimate of drug-likeness (QED) is 0.854. The molecule has 0 spiro atoms. The summed E-state index contributed by atoms with van der Waals surface area (Å²) in [5.41, 5.74) is 0.365. The summed E-state index contributed by atoms with van der Waals surface area (Å²) in [5.74, 6) is -0.730. The Kier molecular flexibility index (Phi) is 3.90. The van der Waals surface area contributed by atoms with Crippen LogP contribution in [-0.4, -0.2) is 10.9 Å². The van der Waals surface area contributed by atoms with E-state index in [1.165, 1.54) is 29.5 Å². The summed E-state index contributed by atoms with van der Waals surface area (Å²) < 4.78 is 14.1. The molecule has 3 nitrogen and oxygen atoms in total. The van der Waals surface area contributed by atoms with Crippen molar-refractivity contribution < 1.29 is 9.18 Å². The van der Waals surface area contributed by atoms with E-state index in [2.05, 4.69) is 42.2 Å². The van der Waals surface area contributed by atoms with Crippen molar-refractivity contribution >= 4 is 54.2 Å². The van der Waals surface area contributed by atoms with Gasteiger partial charge in [0.2, 0.25) is 0 Å². The van der Waals surface area contributed by atoms with Gasteiger partial charge >= 0.3 is 0 Å². The number of carbonyl (C=O) groups is 1. The maximum absolute atomic E-state index is 13.0. The first-order chi connectivity index (χ1) is 8.06. The first-order valence-corrected chi connectivity index (χ1v) is 6.84. The molecule has 17 heavy (non-hydrogen) atoms. The van der Waals surface area contributed by atoms with Gasteiger partial charge in [-0.3, -0.25) is 10.1 Å². The number of anilines is 1. The predicted molar refractivity (Wildman–Crippen MR) is 71.9 cm³/mol. The lowest BCUT2D eigenvalue weighted by molar-refractivity contribution is 0.102. The molecular weight excluding hydrogens is 375 g/mol. The largest absolute Gasteiger partial charge is 0.298 e. The van der Waals surface area contributed by atoms with E-state index in [-0.39, 0.29) is 10.4 Å². The van der Waals surface area contributed by atoms with Crippen LogP contribution in [0.1, 0.15) is 10.4 Å². The first kappa shape index (κ1) is 12.7. The highest BCUT2D eigenvalue weighted by atomic mass is 79.9. The number of hydrogen-bond acceptors (Lipinski definition) is 3. The van der Waals surface area contributed by atoms with E-state index in [0.717, 1.165) is 3.79 Å². The van der Waals surface area contributed by atoms with Gasteiger partial charge in [0.05, 0.1) is 14.5 Å². The molecule has 0 atom stereocenters. The summed E-state index contributed by atoms with van der Waals surface area (Å²) in [5, 5.41) is 3.11. The number of hydrogen-bond donors (Lipinski definition) is 1. The molecule has 0 saturated heterocycles. The minimum atomic E-state index is -0.404. The lowest BCUT2D eigenvalue weighted by atomic mass is 10.2. The molecule has 0 aliphatic rings. The van der Waals surface area contributed by atoms with Crippen molar-refractivity contribution in [2.45, 2.75) is 0 Å². The summed E-state index contributed by atoms with van der Waals surface area (Å²) in [6.45, 7) is 0. The minimum Gasteiger partial charge on any atom is -0.298 e. The zero-order chi connectivity index (χ0) is 12.4. The fourth-order valence-electron chi connectivity index (χ4n) is 1.12. The van der Waals surface area contributed by atoms with Crippen LogP contribution in [0.4, 0.5) is 9.52 Å². The average molecular weight is 380 g/mol. The van der Waals surface area contributed by atoms with Crippen LogP contribution in [0.2, 0.25) is 0 Å². The Morgan fingerprint density at radius 3 is 2.76 bits per heavy atom. The van der Waals surface area contributed by atoms with Crippen LogP contribution < -0.4 is 5.32 Å². The number of amides is 1. The number of thiazole rings is 1. The topological polar surface area (TPSA) is 42.0 Å². The summed E-state index contributed by atoms with van der Waals surface area (Å²) in [7, 11) is 0. The van der Waals surface area contributed by atoms with Crippen LogP contribution in [0.5, 0.6) is 0 Å². The monoisotopic (exact) mass is 378 g/mol. The third-order valence-electron chi connectivity index (χ3n) is 1.88. The maximum atomic E-state index is 13.0. The average Bonchev–Trinajstić information content (AvgIpc) is 2.68. The van der Waals surface area contributed by atoms with Gasteiger partial charge < -0.3 is 0 Å². The second kappa shape index (κ2) is 5.24. The first-order valence-electron chi connectivity index (χ1n) is 4.44. The Morgan fingerprint density at radius 1 is 1.41 bits per heavy atom. The normalized spacial score (nSPS) is 10.3. The highest BCUT2D eigenvalue weighted by Gasteiger charge is 2.10. The molecule has 1 aromatic carbocycles. The maximum Gasteiger partial charge on any atom is 0.257 e. The molecule has 0 aliphatic carbocycles. The van der Waals surface area contributed by atoms with Crippen LogP contribution in [0.15, 0.2) is 32.7 Å². The van der Waals surface area contributed by atoms with Gasteiger partial charge in [-0.2, -0.15) is 0 Å². The van der Waals surface area contributed by atoms with E-state index in [9.17, 15) is 9.18 Å². The van der Waals surface area contributed by atoms with E-state index in [1.807, 2.05) is 0 Å². The van der Waals surface area contributed by atoms with Crippen LogP contribution in [0, 0.1) is 5.82 Å². The molecule has 0 unspecified atom stereocenters. The summed E-state index contributed by atoms with van der Waals surface area (Å²) >= 11 is 7.58. The third-order valence-corrected chi connectivity index (χ3v) is 3.88. The van der Waals surface area contributed by atoms with Crippen molar-refractivity contribution in [3.05, 3.63) is 44.0 Å². The SMILES string of the molecule is O=C(Nc1ncc(Br)s1)c1ccc(F)c(Br)c1. The molecule has 1 amide bonds. The Hall–Kier alpha value is -0.790. The van der Waals surface area contributed by atoms with E-state index in [0.29, 0.717) is 10.7 Å². The lowest BCUT2D eigenvalue weighted by Crippen LogP contribution is -2.11. The second-order valence-corrected chi connectivity index (χ2v) is 6.32. The van der Waals surface area contributed by atoms with E-state index < -0.39 is 5.82 Å².